The maximum Gasteiger partial charge on any atom is 0.137 e. The van der Waals surface area contributed by atoms with E-state index in [0.29, 0.717) is 4.47 Å². The molecule has 106 valence electrons. The van der Waals surface area contributed by atoms with Gasteiger partial charge in [0, 0.05) is 11.1 Å². The zero-order valence-electron chi connectivity index (χ0n) is 10.8. The average molecular weight is 402 g/mol. The van der Waals surface area contributed by atoms with Crippen LogP contribution < -0.4 is 0 Å². The van der Waals surface area contributed by atoms with E-state index < -0.39 is 0 Å². The molecule has 0 aliphatic carbocycles. The topological polar surface area (TPSA) is 20.2 Å². The molecule has 1 atom stereocenters. The number of hydrogen-bond acceptors (Lipinski definition) is 1. The third kappa shape index (κ3) is 4.14. The van der Waals surface area contributed by atoms with Crippen molar-refractivity contribution in [3.05, 3.63) is 68.4 Å². The van der Waals surface area contributed by atoms with E-state index >= 15 is 0 Å². The largest absolute Gasteiger partial charge is 0.396 e. The summed E-state index contributed by atoms with van der Waals surface area (Å²) in [5.74, 6) is -0.147. The lowest BCUT2D eigenvalue weighted by Crippen LogP contribution is -2.13. The van der Waals surface area contributed by atoms with Gasteiger partial charge < -0.3 is 5.11 Å². The Morgan fingerprint density at radius 1 is 1.00 bits per heavy atom. The van der Waals surface area contributed by atoms with Crippen LogP contribution in [0.15, 0.2) is 51.4 Å². The van der Waals surface area contributed by atoms with E-state index in [-0.39, 0.29) is 18.3 Å². The van der Waals surface area contributed by atoms with Crippen LogP contribution in [0.3, 0.4) is 0 Å². The molecule has 2 aromatic rings. The van der Waals surface area contributed by atoms with Crippen molar-refractivity contribution in [2.75, 3.05) is 6.61 Å². The van der Waals surface area contributed by atoms with Gasteiger partial charge in [0.1, 0.15) is 5.82 Å². The first-order valence-electron chi connectivity index (χ1n) is 6.38. The molecule has 1 nitrogen and oxygen atoms in total. The molecule has 0 spiro atoms. The van der Waals surface area contributed by atoms with E-state index in [1.165, 1.54) is 11.6 Å². The molecule has 2 aromatic carbocycles. The summed E-state index contributed by atoms with van der Waals surface area (Å²) in [7, 11) is 0. The second-order valence-electron chi connectivity index (χ2n) is 4.80. The van der Waals surface area contributed by atoms with Crippen molar-refractivity contribution < 1.29 is 9.50 Å². The van der Waals surface area contributed by atoms with Crippen LogP contribution in [0.25, 0.3) is 0 Å². The Kier molecular flexibility index (Phi) is 5.75. The molecule has 0 saturated heterocycles. The summed E-state index contributed by atoms with van der Waals surface area (Å²) in [5.41, 5.74) is 2.19. The Morgan fingerprint density at radius 3 is 2.40 bits per heavy atom. The number of hydrogen-bond donors (Lipinski definition) is 1. The second kappa shape index (κ2) is 7.34. The van der Waals surface area contributed by atoms with Gasteiger partial charge in [-0.05, 0) is 64.0 Å². The van der Waals surface area contributed by atoms with Crippen LogP contribution in [0.4, 0.5) is 4.39 Å². The molecule has 0 amide bonds. The predicted octanol–water partition coefficient (Wildman–Crippen LogP) is 4.74. The number of benzene rings is 2. The number of rotatable bonds is 5. The molecule has 0 radical (unpaired) electrons. The van der Waals surface area contributed by atoms with Gasteiger partial charge in [-0.25, -0.2) is 4.39 Å². The highest BCUT2D eigenvalue weighted by Gasteiger charge is 2.12. The van der Waals surface area contributed by atoms with Gasteiger partial charge in [-0.15, -0.1) is 0 Å². The van der Waals surface area contributed by atoms with Gasteiger partial charge in [0.2, 0.25) is 0 Å². The van der Waals surface area contributed by atoms with Crippen LogP contribution in [0.5, 0.6) is 0 Å². The van der Waals surface area contributed by atoms with Crippen LogP contribution in [-0.4, -0.2) is 11.7 Å². The van der Waals surface area contributed by atoms with E-state index in [2.05, 4.69) is 31.9 Å². The summed E-state index contributed by atoms with van der Waals surface area (Å²) < 4.78 is 14.7. The van der Waals surface area contributed by atoms with Gasteiger partial charge in [0.05, 0.1) is 4.47 Å². The standard InChI is InChI=1S/C16H15Br2FO/c17-14-4-2-1-3-13(14)8-12(10-20)7-11-5-6-16(19)15(18)9-11/h1-6,9,12,20H,7-8,10H2. The van der Waals surface area contributed by atoms with Crippen LogP contribution in [-0.2, 0) is 12.8 Å². The number of aliphatic hydroxyl groups is 1. The highest BCUT2D eigenvalue weighted by atomic mass is 79.9. The molecule has 1 unspecified atom stereocenters. The van der Waals surface area contributed by atoms with E-state index in [1.54, 1.807) is 12.1 Å². The quantitative estimate of drug-likeness (QED) is 0.766. The summed E-state index contributed by atoms with van der Waals surface area (Å²) in [6.07, 6.45) is 1.50. The third-order valence-electron chi connectivity index (χ3n) is 3.23. The van der Waals surface area contributed by atoms with E-state index in [1.807, 2.05) is 24.3 Å². The van der Waals surface area contributed by atoms with Crippen LogP contribution in [0.2, 0.25) is 0 Å². The zero-order valence-corrected chi connectivity index (χ0v) is 14.0. The normalized spacial score (nSPS) is 12.4. The fourth-order valence-electron chi connectivity index (χ4n) is 2.18. The Bertz CT molecular complexity index is 586. The van der Waals surface area contributed by atoms with Crippen molar-refractivity contribution in [1.29, 1.82) is 0 Å². The Hall–Kier alpha value is -0.710. The number of aliphatic hydroxyl groups excluding tert-OH is 1. The molecule has 0 fully saturated rings. The van der Waals surface area contributed by atoms with Crippen molar-refractivity contribution in [2.45, 2.75) is 12.8 Å². The van der Waals surface area contributed by atoms with Crippen LogP contribution in [0, 0.1) is 11.7 Å². The second-order valence-corrected chi connectivity index (χ2v) is 6.51. The molecule has 2 rings (SSSR count). The minimum absolute atomic E-state index is 0.107. The average Bonchev–Trinajstić information content (AvgIpc) is 2.44. The summed E-state index contributed by atoms with van der Waals surface area (Å²) in [5, 5.41) is 9.56. The van der Waals surface area contributed by atoms with Gasteiger partial charge >= 0.3 is 0 Å². The SMILES string of the molecule is OCC(Cc1ccc(F)c(Br)c1)Cc1ccccc1Br. The highest BCUT2D eigenvalue weighted by molar-refractivity contribution is 9.10. The van der Waals surface area contributed by atoms with Crippen molar-refractivity contribution in [1.82, 2.24) is 0 Å². The molecule has 0 aliphatic heterocycles. The molecule has 0 heterocycles. The minimum Gasteiger partial charge on any atom is -0.396 e. The van der Waals surface area contributed by atoms with Gasteiger partial charge in [-0.1, -0.05) is 40.2 Å². The predicted molar refractivity (Wildman–Crippen MR) is 86.2 cm³/mol. The lowest BCUT2D eigenvalue weighted by molar-refractivity contribution is 0.225. The minimum atomic E-state index is -0.264. The zero-order chi connectivity index (χ0) is 14.5. The third-order valence-corrected chi connectivity index (χ3v) is 4.61. The van der Waals surface area contributed by atoms with Gasteiger partial charge in [0.15, 0.2) is 0 Å². The lowest BCUT2D eigenvalue weighted by atomic mass is 9.93. The Morgan fingerprint density at radius 2 is 1.75 bits per heavy atom. The summed E-state index contributed by atoms with van der Waals surface area (Å²) in [6, 6.07) is 13.0. The molecule has 4 heteroatoms. The first kappa shape index (κ1) is 15.7. The van der Waals surface area contributed by atoms with E-state index in [0.717, 1.165) is 22.9 Å². The van der Waals surface area contributed by atoms with Crippen molar-refractivity contribution in [3.8, 4) is 0 Å². The smallest absolute Gasteiger partial charge is 0.137 e. The van der Waals surface area contributed by atoms with Gasteiger partial charge in [-0.2, -0.15) is 0 Å². The maximum absolute atomic E-state index is 13.2. The van der Waals surface area contributed by atoms with Gasteiger partial charge in [-0.3, -0.25) is 0 Å². The van der Waals surface area contributed by atoms with E-state index in [9.17, 15) is 9.50 Å². The summed E-state index contributed by atoms with van der Waals surface area (Å²) in [4.78, 5) is 0. The lowest BCUT2D eigenvalue weighted by Gasteiger charge is -2.15. The molecule has 0 saturated carbocycles. The van der Waals surface area contributed by atoms with Crippen molar-refractivity contribution >= 4 is 31.9 Å². The van der Waals surface area contributed by atoms with Crippen LogP contribution in [0.1, 0.15) is 11.1 Å². The Labute approximate surface area is 135 Å². The van der Waals surface area contributed by atoms with Gasteiger partial charge in [0.25, 0.3) is 0 Å². The Balaban J connectivity index is 2.09. The summed E-state index contributed by atoms with van der Waals surface area (Å²) in [6.45, 7) is 0.107. The fraction of sp³-hybridized carbons (Fsp3) is 0.250. The molecular formula is C16H15Br2FO. The fourth-order valence-corrected chi connectivity index (χ4v) is 3.05. The molecule has 0 bridgehead atoms. The first-order chi connectivity index (χ1) is 9.60. The van der Waals surface area contributed by atoms with Crippen LogP contribution >= 0.6 is 31.9 Å². The first-order valence-corrected chi connectivity index (χ1v) is 7.97. The van der Waals surface area contributed by atoms with Crippen molar-refractivity contribution in [2.24, 2.45) is 5.92 Å². The summed E-state index contributed by atoms with van der Waals surface area (Å²) >= 11 is 6.71. The van der Waals surface area contributed by atoms with E-state index in [4.69, 9.17) is 0 Å². The van der Waals surface area contributed by atoms with Crippen molar-refractivity contribution in [3.63, 3.8) is 0 Å². The molecule has 0 aromatic heterocycles. The monoisotopic (exact) mass is 400 g/mol. The molecular weight excluding hydrogens is 387 g/mol. The highest BCUT2D eigenvalue weighted by Crippen LogP contribution is 2.23. The number of halogens is 3. The molecule has 0 aliphatic rings. The maximum atomic E-state index is 13.2. The molecule has 20 heavy (non-hydrogen) atoms. The molecule has 1 N–H and O–H groups in total.